The second kappa shape index (κ2) is 6.75. The van der Waals surface area contributed by atoms with Gasteiger partial charge in [-0.1, -0.05) is 22.0 Å². The summed E-state index contributed by atoms with van der Waals surface area (Å²) < 4.78 is 11.4. The minimum atomic E-state index is -0.656. The molecule has 1 aromatic rings. The molecule has 0 radical (unpaired) electrons. The van der Waals surface area contributed by atoms with E-state index >= 15 is 0 Å². The van der Waals surface area contributed by atoms with E-state index in [4.69, 9.17) is 15.2 Å². The van der Waals surface area contributed by atoms with E-state index in [2.05, 4.69) is 15.9 Å². The molecular formula is C13H18BrNO3. The van der Waals surface area contributed by atoms with Crippen molar-refractivity contribution in [2.75, 3.05) is 6.61 Å². The number of halogens is 1. The molecular weight excluding hydrogens is 298 g/mol. The van der Waals surface area contributed by atoms with Crippen molar-refractivity contribution in [3.63, 3.8) is 0 Å². The van der Waals surface area contributed by atoms with E-state index in [1.807, 2.05) is 19.1 Å². The van der Waals surface area contributed by atoms with Crippen LogP contribution in [0.15, 0.2) is 22.7 Å². The minimum absolute atomic E-state index is 0.164. The molecule has 0 aliphatic rings. The molecule has 2 atom stereocenters. The number of carbonyl (C=O) groups is 1. The first-order chi connectivity index (χ1) is 8.45. The van der Waals surface area contributed by atoms with Gasteiger partial charge >= 0.3 is 5.97 Å². The fourth-order valence-electron chi connectivity index (χ4n) is 1.48. The second-order valence-electron chi connectivity index (χ2n) is 3.98. The highest BCUT2D eigenvalue weighted by Gasteiger charge is 2.18. The van der Waals surface area contributed by atoms with Crippen molar-refractivity contribution in [2.24, 2.45) is 5.73 Å². The topological polar surface area (TPSA) is 61.5 Å². The van der Waals surface area contributed by atoms with Gasteiger partial charge in [0.2, 0.25) is 0 Å². The van der Waals surface area contributed by atoms with Gasteiger partial charge in [0.05, 0.1) is 6.61 Å². The van der Waals surface area contributed by atoms with Crippen molar-refractivity contribution in [3.8, 4) is 5.75 Å². The molecule has 2 N–H and O–H groups in total. The summed E-state index contributed by atoms with van der Waals surface area (Å²) in [7, 11) is 0. The number of esters is 1. The summed E-state index contributed by atoms with van der Waals surface area (Å²) in [6, 6.07) is 5.40. The number of rotatable bonds is 5. The Kier molecular flexibility index (Phi) is 5.62. The number of carbonyl (C=O) groups excluding carboxylic acids is 1. The van der Waals surface area contributed by atoms with Crippen LogP contribution in [0.3, 0.4) is 0 Å². The van der Waals surface area contributed by atoms with Crippen LogP contribution in [0.2, 0.25) is 0 Å². The van der Waals surface area contributed by atoms with Crippen molar-refractivity contribution >= 4 is 21.9 Å². The Morgan fingerprint density at radius 1 is 1.44 bits per heavy atom. The molecule has 0 fully saturated rings. The maximum Gasteiger partial charge on any atom is 0.347 e. The summed E-state index contributed by atoms with van der Waals surface area (Å²) in [5, 5.41) is 0. The first kappa shape index (κ1) is 15.0. The van der Waals surface area contributed by atoms with Gasteiger partial charge in [-0.3, -0.25) is 0 Å². The van der Waals surface area contributed by atoms with Crippen LogP contribution in [0.5, 0.6) is 5.75 Å². The van der Waals surface area contributed by atoms with Gasteiger partial charge in [0.25, 0.3) is 0 Å². The van der Waals surface area contributed by atoms with Crippen molar-refractivity contribution < 1.29 is 14.3 Å². The third kappa shape index (κ3) is 3.99. The van der Waals surface area contributed by atoms with Crippen LogP contribution >= 0.6 is 15.9 Å². The lowest BCUT2D eigenvalue weighted by Gasteiger charge is -2.18. The van der Waals surface area contributed by atoms with E-state index in [0.29, 0.717) is 12.4 Å². The molecule has 0 amide bonds. The molecule has 0 aromatic heterocycles. The zero-order chi connectivity index (χ0) is 13.7. The summed E-state index contributed by atoms with van der Waals surface area (Å²) in [6.07, 6.45) is -0.656. The fourth-order valence-corrected chi connectivity index (χ4v) is 1.82. The molecule has 100 valence electrons. The minimum Gasteiger partial charge on any atom is -0.479 e. The highest BCUT2D eigenvalue weighted by molar-refractivity contribution is 9.10. The molecule has 0 aliphatic carbocycles. The molecule has 0 heterocycles. The lowest BCUT2D eigenvalue weighted by atomic mass is 10.1. The molecule has 0 bridgehead atoms. The zero-order valence-corrected chi connectivity index (χ0v) is 12.4. The summed E-state index contributed by atoms with van der Waals surface area (Å²) in [5.74, 6) is 0.216. The van der Waals surface area contributed by atoms with Gasteiger partial charge in [0, 0.05) is 16.1 Å². The summed E-state index contributed by atoms with van der Waals surface area (Å²) in [4.78, 5) is 11.5. The standard InChI is InChI=1S/C13H18BrNO3/c1-4-17-13(16)9(3)18-12-7-10(14)5-6-11(12)8(2)15/h5-9H,4,15H2,1-3H3/t8-,9?/m0/s1. The quantitative estimate of drug-likeness (QED) is 0.849. The van der Waals surface area contributed by atoms with Crippen LogP contribution in [0.4, 0.5) is 0 Å². The van der Waals surface area contributed by atoms with Crippen LogP contribution in [-0.2, 0) is 9.53 Å². The summed E-state index contributed by atoms with van der Waals surface area (Å²) in [5.41, 5.74) is 6.72. The van der Waals surface area contributed by atoms with E-state index in [1.54, 1.807) is 19.9 Å². The van der Waals surface area contributed by atoms with Crippen LogP contribution < -0.4 is 10.5 Å². The number of nitrogens with two attached hydrogens (primary N) is 1. The van der Waals surface area contributed by atoms with Gasteiger partial charge in [-0.15, -0.1) is 0 Å². The van der Waals surface area contributed by atoms with Gasteiger partial charge in [-0.25, -0.2) is 4.79 Å². The Balaban J connectivity index is 2.88. The summed E-state index contributed by atoms with van der Waals surface area (Å²) in [6.45, 7) is 5.62. The lowest BCUT2D eigenvalue weighted by molar-refractivity contribution is -0.150. The maximum atomic E-state index is 11.5. The van der Waals surface area contributed by atoms with Gasteiger partial charge in [0.15, 0.2) is 6.10 Å². The third-order valence-electron chi connectivity index (χ3n) is 2.39. The predicted molar refractivity (Wildman–Crippen MR) is 73.5 cm³/mol. The van der Waals surface area contributed by atoms with Crippen LogP contribution in [0, 0.1) is 0 Å². The molecule has 0 saturated heterocycles. The third-order valence-corrected chi connectivity index (χ3v) is 2.88. The Bertz CT molecular complexity index is 421. The maximum absolute atomic E-state index is 11.5. The van der Waals surface area contributed by atoms with Gasteiger partial charge in [0.1, 0.15) is 5.75 Å². The van der Waals surface area contributed by atoms with Crippen LogP contribution in [0.1, 0.15) is 32.4 Å². The Morgan fingerprint density at radius 3 is 2.67 bits per heavy atom. The lowest BCUT2D eigenvalue weighted by Crippen LogP contribution is -2.26. The Hall–Kier alpha value is -1.07. The van der Waals surface area contributed by atoms with Crippen LogP contribution in [0.25, 0.3) is 0 Å². The van der Waals surface area contributed by atoms with Gasteiger partial charge in [-0.05, 0) is 32.9 Å². The Morgan fingerprint density at radius 2 is 2.11 bits per heavy atom. The molecule has 5 heteroatoms. The highest BCUT2D eigenvalue weighted by Crippen LogP contribution is 2.28. The van der Waals surface area contributed by atoms with E-state index in [9.17, 15) is 4.79 Å². The predicted octanol–water partition coefficient (Wildman–Crippen LogP) is 2.80. The van der Waals surface area contributed by atoms with Crippen molar-refractivity contribution in [3.05, 3.63) is 28.2 Å². The molecule has 1 aromatic carbocycles. The molecule has 0 aliphatic heterocycles. The van der Waals surface area contributed by atoms with E-state index in [-0.39, 0.29) is 12.0 Å². The van der Waals surface area contributed by atoms with Crippen LogP contribution in [-0.4, -0.2) is 18.7 Å². The van der Waals surface area contributed by atoms with E-state index in [0.717, 1.165) is 10.0 Å². The monoisotopic (exact) mass is 315 g/mol. The molecule has 0 saturated carbocycles. The van der Waals surface area contributed by atoms with Crippen molar-refractivity contribution in [2.45, 2.75) is 32.9 Å². The summed E-state index contributed by atoms with van der Waals surface area (Å²) >= 11 is 3.37. The smallest absolute Gasteiger partial charge is 0.347 e. The normalized spacial score (nSPS) is 13.8. The Labute approximate surface area is 116 Å². The second-order valence-corrected chi connectivity index (χ2v) is 4.90. The first-order valence-electron chi connectivity index (χ1n) is 5.84. The van der Waals surface area contributed by atoms with Gasteiger partial charge < -0.3 is 15.2 Å². The fraction of sp³-hybridized carbons (Fsp3) is 0.462. The molecule has 0 spiro atoms. The SMILES string of the molecule is CCOC(=O)C(C)Oc1cc(Br)ccc1[C@H](C)N. The number of ether oxygens (including phenoxy) is 2. The van der Waals surface area contributed by atoms with E-state index < -0.39 is 6.10 Å². The molecule has 4 nitrogen and oxygen atoms in total. The first-order valence-corrected chi connectivity index (χ1v) is 6.63. The number of hydrogen-bond donors (Lipinski definition) is 1. The molecule has 18 heavy (non-hydrogen) atoms. The van der Waals surface area contributed by atoms with Crippen molar-refractivity contribution in [1.29, 1.82) is 0 Å². The average molecular weight is 316 g/mol. The largest absolute Gasteiger partial charge is 0.479 e. The molecule has 1 rings (SSSR count). The average Bonchev–Trinajstić information content (AvgIpc) is 2.28. The highest BCUT2D eigenvalue weighted by atomic mass is 79.9. The van der Waals surface area contributed by atoms with Gasteiger partial charge in [-0.2, -0.15) is 0 Å². The number of benzene rings is 1. The number of hydrogen-bond acceptors (Lipinski definition) is 4. The molecule has 1 unspecified atom stereocenters. The van der Waals surface area contributed by atoms with E-state index in [1.165, 1.54) is 0 Å². The van der Waals surface area contributed by atoms with Crippen molar-refractivity contribution in [1.82, 2.24) is 0 Å². The zero-order valence-electron chi connectivity index (χ0n) is 10.8.